The van der Waals surface area contributed by atoms with Crippen LogP contribution in [0, 0.1) is 12.8 Å². The minimum Gasteiger partial charge on any atom is -0.493 e. The zero-order valence-corrected chi connectivity index (χ0v) is 21.2. The van der Waals surface area contributed by atoms with Gasteiger partial charge in [-0.1, -0.05) is 48.8 Å². The Labute approximate surface area is 208 Å². The van der Waals surface area contributed by atoms with Gasteiger partial charge in [0.25, 0.3) is 5.91 Å². The number of carbonyl (C=O) groups excluding carboxylic acids is 1. The summed E-state index contributed by atoms with van der Waals surface area (Å²) < 4.78 is 11.2. The predicted octanol–water partition coefficient (Wildman–Crippen LogP) is 4.40. The largest absolute Gasteiger partial charge is 0.493 e. The Balaban J connectivity index is 1.40. The highest BCUT2D eigenvalue weighted by atomic mass is 16.5. The lowest BCUT2D eigenvalue weighted by Gasteiger charge is -2.38. The number of likely N-dealkylation sites (N-methyl/N-ethyl adjacent to an activating group) is 1. The van der Waals surface area contributed by atoms with Gasteiger partial charge >= 0.3 is 0 Å². The summed E-state index contributed by atoms with van der Waals surface area (Å²) in [6, 6.07) is 18.0. The highest BCUT2D eigenvalue weighted by Crippen LogP contribution is 2.25. The van der Waals surface area contributed by atoms with E-state index >= 15 is 0 Å². The number of carbonyl (C=O) groups is 1. The second kappa shape index (κ2) is 11.5. The second-order valence-corrected chi connectivity index (χ2v) is 9.78. The monoisotopic (exact) mass is 476 g/mol. The Hall–Kier alpha value is -3.16. The van der Waals surface area contributed by atoms with Crippen molar-refractivity contribution in [2.75, 3.05) is 46.4 Å². The van der Waals surface area contributed by atoms with Crippen LogP contribution in [-0.4, -0.2) is 67.2 Å². The van der Waals surface area contributed by atoms with E-state index in [0.717, 1.165) is 37.5 Å². The highest BCUT2D eigenvalue weighted by molar-refractivity contribution is 5.93. The Kier molecular flexibility index (Phi) is 8.21. The number of benzene rings is 2. The SMILES string of the molecule is Cc1ccc(C(CNC(=O)c2cc(-c3ccc(OCC(C)C)cc3)on2)N2CCN(C)CC2)cc1. The van der Waals surface area contributed by atoms with E-state index in [-0.39, 0.29) is 17.6 Å². The molecule has 1 saturated heterocycles. The van der Waals surface area contributed by atoms with Gasteiger partial charge in [0.1, 0.15) is 5.75 Å². The minimum atomic E-state index is -0.233. The fourth-order valence-electron chi connectivity index (χ4n) is 4.16. The Bertz CT molecular complexity index is 1080. The topological polar surface area (TPSA) is 70.8 Å². The van der Waals surface area contributed by atoms with Gasteiger partial charge in [-0.2, -0.15) is 0 Å². The molecule has 1 aliphatic heterocycles. The van der Waals surface area contributed by atoms with Gasteiger partial charge in [-0.05, 0) is 49.7 Å². The zero-order chi connectivity index (χ0) is 24.8. The van der Waals surface area contributed by atoms with E-state index in [0.29, 0.717) is 24.8 Å². The molecule has 0 radical (unpaired) electrons. The van der Waals surface area contributed by atoms with Gasteiger partial charge in [0.2, 0.25) is 0 Å². The minimum absolute atomic E-state index is 0.109. The highest BCUT2D eigenvalue weighted by Gasteiger charge is 2.25. The molecule has 2 heterocycles. The van der Waals surface area contributed by atoms with Crippen LogP contribution in [0.5, 0.6) is 5.75 Å². The number of rotatable bonds is 9. The van der Waals surface area contributed by atoms with Crippen molar-refractivity contribution in [3.05, 3.63) is 71.4 Å². The van der Waals surface area contributed by atoms with E-state index < -0.39 is 0 Å². The van der Waals surface area contributed by atoms with Crippen molar-refractivity contribution in [2.45, 2.75) is 26.8 Å². The third kappa shape index (κ3) is 6.71. The maximum absolute atomic E-state index is 12.9. The number of aryl methyl sites for hydroxylation is 1. The van der Waals surface area contributed by atoms with Crippen molar-refractivity contribution in [2.24, 2.45) is 5.92 Å². The first-order valence-corrected chi connectivity index (χ1v) is 12.4. The first-order valence-electron chi connectivity index (χ1n) is 12.4. The smallest absolute Gasteiger partial charge is 0.273 e. The summed E-state index contributed by atoms with van der Waals surface area (Å²) in [6.45, 7) is 11.5. The van der Waals surface area contributed by atoms with Crippen molar-refractivity contribution < 1.29 is 14.1 Å². The fraction of sp³-hybridized carbons (Fsp3) is 0.429. The normalized spacial score (nSPS) is 15.8. The summed E-state index contributed by atoms with van der Waals surface area (Å²) in [7, 11) is 2.15. The Morgan fingerprint density at radius 1 is 1.06 bits per heavy atom. The number of piperazine rings is 1. The molecule has 1 fully saturated rings. The summed E-state index contributed by atoms with van der Waals surface area (Å²) in [5, 5.41) is 7.11. The summed E-state index contributed by atoms with van der Waals surface area (Å²) in [5.74, 6) is 1.60. The standard InChI is InChI=1S/C28H36N4O3/c1-20(2)19-34-24-11-9-23(10-12-24)27-17-25(30-35-27)28(33)29-18-26(22-7-5-21(3)6-8-22)32-15-13-31(4)14-16-32/h5-12,17,20,26H,13-16,18-19H2,1-4H3,(H,29,33). The van der Waals surface area contributed by atoms with Crippen LogP contribution >= 0.6 is 0 Å². The number of hydrogen-bond acceptors (Lipinski definition) is 6. The molecule has 0 saturated carbocycles. The van der Waals surface area contributed by atoms with Crippen molar-refractivity contribution in [3.63, 3.8) is 0 Å². The molecule has 1 N–H and O–H groups in total. The van der Waals surface area contributed by atoms with Crippen molar-refractivity contribution in [3.8, 4) is 17.1 Å². The average molecular weight is 477 g/mol. The van der Waals surface area contributed by atoms with Crippen LogP contribution in [0.4, 0.5) is 0 Å². The van der Waals surface area contributed by atoms with Crippen molar-refractivity contribution in [1.29, 1.82) is 0 Å². The summed E-state index contributed by atoms with van der Waals surface area (Å²) in [4.78, 5) is 17.7. The second-order valence-electron chi connectivity index (χ2n) is 9.78. The van der Waals surface area contributed by atoms with Gasteiger partial charge in [0.15, 0.2) is 11.5 Å². The molecule has 35 heavy (non-hydrogen) atoms. The number of amides is 1. The van der Waals surface area contributed by atoms with Crippen LogP contribution < -0.4 is 10.1 Å². The average Bonchev–Trinajstić information content (AvgIpc) is 3.36. The molecule has 1 aliphatic rings. The van der Waals surface area contributed by atoms with Crippen LogP contribution in [0.15, 0.2) is 59.1 Å². The van der Waals surface area contributed by atoms with E-state index in [1.54, 1.807) is 6.07 Å². The summed E-state index contributed by atoms with van der Waals surface area (Å²) in [6.07, 6.45) is 0. The van der Waals surface area contributed by atoms with Gasteiger partial charge in [-0.25, -0.2) is 0 Å². The first-order chi connectivity index (χ1) is 16.9. The van der Waals surface area contributed by atoms with Crippen LogP contribution in [-0.2, 0) is 0 Å². The molecule has 1 amide bonds. The van der Waals surface area contributed by atoms with E-state index in [2.05, 4.69) is 72.4 Å². The molecule has 0 bridgehead atoms. The quantitative estimate of drug-likeness (QED) is 0.494. The van der Waals surface area contributed by atoms with E-state index in [1.807, 2.05) is 24.3 Å². The maximum Gasteiger partial charge on any atom is 0.273 e. The van der Waals surface area contributed by atoms with Gasteiger partial charge < -0.3 is 19.5 Å². The third-order valence-electron chi connectivity index (χ3n) is 6.36. The van der Waals surface area contributed by atoms with Gasteiger partial charge in [0.05, 0.1) is 12.6 Å². The predicted molar refractivity (Wildman–Crippen MR) is 138 cm³/mol. The van der Waals surface area contributed by atoms with Gasteiger partial charge in [0, 0.05) is 44.4 Å². The molecule has 3 aromatic rings. The number of hydrogen-bond donors (Lipinski definition) is 1. The molecule has 186 valence electrons. The lowest BCUT2D eigenvalue weighted by Crippen LogP contribution is -2.48. The van der Waals surface area contributed by atoms with Crippen LogP contribution in [0.25, 0.3) is 11.3 Å². The van der Waals surface area contributed by atoms with E-state index in [9.17, 15) is 4.79 Å². The number of aromatic nitrogens is 1. The van der Waals surface area contributed by atoms with E-state index in [4.69, 9.17) is 9.26 Å². The molecule has 7 nitrogen and oxygen atoms in total. The lowest BCUT2D eigenvalue weighted by atomic mass is 10.0. The Morgan fingerprint density at radius 2 is 1.74 bits per heavy atom. The molecule has 1 atom stereocenters. The molecular weight excluding hydrogens is 440 g/mol. The molecule has 7 heteroatoms. The molecule has 1 aromatic heterocycles. The molecule has 1 unspecified atom stereocenters. The summed E-state index contributed by atoms with van der Waals surface area (Å²) in [5.41, 5.74) is 3.57. The zero-order valence-electron chi connectivity index (χ0n) is 21.2. The fourth-order valence-corrected chi connectivity index (χ4v) is 4.16. The number of ether oxygens (including phenoxy) is 1. The van der Waals surface area contributed by atoms with Crippen LogP contribution in [0.3, 0.4) is 0 Å². The molecule has 4 rings (SSSR count). The maximum atomic E-state index is 12.9. The van der Waals surface area contributed by atoms with Gasteiger partial charge in [-0.3, -0.25) is 9.69 Å². The number of nitrogens with zero attached hydrogens (tertiary/aromatic N) is 3. The van der Waals surface area contributed by atoms with Gasteiger partial charge in [-0.15, -0.1) is 0 Å². The van der Waals surface area contributed by atoms with Crippen LogP contribution in [0.1, 0.15) is 41.5 Å². The molecule has 2 aromatic carbocycles. The molecular formula is C28H36N4O3. The lowest BCUT2D eigenvalue weighted by molar-refractivity contribution is 0.0878. The van der Waals surface area contributed by atoms with E-state index in [1.165, 1.54) is 11.1 Å². The van der Waals surface area contributed by atoms with Crippen molar-refractivity contribution >= 4 is 5.91 Å². The Morgan fingerprint density at radius 3 is 2.40 bits per heavy atom. The van der Waals surface area contributed by atoms with Crippen LogP contribution in [0.2, 0.25) is 0 Å². The number of nitrogens with one attached hydrogen (secondary N) is 1. The molecule has 0 aliphatic carbocycles. The summed E-state index contributed by atoms with van der Waals surface area (Å²) >= 11 is 0. The first kappa shape index (κ1) is 24.9. The molecule has 0 spiro atoms. The third-order valence-corrected chi connectivity index (χ3v) is 6.36. The van der Waals surface area contributed by atoms with Crippen molar-refractivity contribution in [1.82, 2.24) is 20.3 Å².